The van der Waals surface area contributed by atoms with E-state index in [1.54, 1.807) is 19.1 Å². The highest BCUT2D eigenvalue weighted by Crippen LogP contribution is 2.36. The smallest absolute Gasteiger partial charge is 0.341 e. The summed E-state index contributed by atoms with van der Waals surface area (Å²) in [6.45, 7) is 1.84. The van der Waals surface area contributed by atoms with Crippen molar-refractivity contribution in [2.75, 3.05) is 19.0 Å². The first-order valence-corrected chi connectivity index (χ1v) is 8.79. The van der Waals surface area contributed by atoms with Gasteiger partial charge in [-0.3, -0.25) is 4.98 Å². The molecule has 0 unspecified atom stereocenters. The number of nitrogens with one attached hydrogen (secondary N) is 1. The molecule has 2 aromatic carbocycles. The molecular weight excluding hydrogens is 422 g/mol. The summed E-state index contributed by atoms with van der Waals surface area (Å²) in [5.74, 6) is -1.36. The van der Waals surface area contributed by atoms with Gasteiger partial charge < -0.3 is 14.8 Å². The summed E-state index contributed by atoms with van der Waals surface area (Å²) in [4.78, 5) is 16.6. The first-order chi connectivity index (χ1) is 12.9. The Morgan fingerprint density at radius 2 is 2.04 bits per heavy atom. The highest BCUT2D eigenvalue weighted by atomic mass is 79.9. The van der Waals surface area contributed by atoms with E-state index in [1.165, 1.54) is 13.3 Å². The third-order valence-electron chi connectivity index (χ3n) is 3.82. The van der Waals surface area contributed by atoms with E-state index in [0.29, 0.717) is 21.1 Å². The average molecular weight is 437 g/mol. The molecular formula is C19H15BrF2N2O3. The SMILES string of the molecule is CCOC(=O)c1cnc2cc(OC)c(Br)cc2c1Nc1cc(F)ccc1F. The predicted octanol–water partition coefficient (Wildman–Crippen LogP) is 5.20. The Labute approximate surface area is 162 Å². The van der Waals surface area contributed by atoms with Crippen molar-refractivity contribution in [3.63, 3.8) is 0 Å². The fourth-order valence-corrected chi connectivity index (χ4v) is 3.08. The highest BCUT2D eigenvalue weighted by molar-refractivity contribution is 9.10. The summed E-state index contributed by atoms with van der Waals surface area (Å²) in [6.07, 6.45) is 1.33. The van der Waals surface area contributed by atoms with Crippen molar-refractivity contribution in [2.45, 2.75) is 6.92 Å². The zero-order chi connectivity index (χ0) is 19.6. The topological polar surface area (TPSA) is 60.5 Å². The van der Waals surface area contributed by atoms with Crippen molar-refractivity contribution in [3.8, 4) is 5.75 Å². The van der Waals surface area contributed by atoms with Gasteiger partial charge in [0.05, 0.1) is 35.1 Å². The molecule has 8 heteroatoms. The second kappa shape index (κ2) is 7.87. The van der Waals surface area contributed by atoms with Gasteiger partial charge in [-0.2, -0.15) is 0 Å². The number of rotatable bonds is 5. The van der Waals surface area contributed by atoms with Gasteiger partial charge in [-0.25, -0.2) is 13.6 Å². The van der Waals surface area contributed by atoms with E-state index < -0.39 is 17.6 Å². The molecule has 0 saturated carbocycles. The van der Waals surface area contributed by atoms with Crippen LogP contribution in [0, 0.1) is 11.6 Å². The maximum absolute atomic E-state index is 14.1. The van der Waals surface area contributed by atoms with Gasteiger partial charge in [0.15, 0.2) is 0 Å². The van der Waals surface area contributed by atoms with Crippen LogP contribution in [0.5, 0.6) is 5.75 Å². The molecule has 3 aromatic rings. The zero-order valence-electron chi connectivity index (χ0n) is 14.5. The van der Waals surface area contributed by atoms with Gasteiger partial charge in [-0.05, 0) is 41.1 Å². The summed E-state index contributed by atoms with van der Waals surface area (Å²) < 4.78 is 38.6. The van der Waals surface area contributed by atoms with Crippen LogP contribution in [0.4, 0.5) is 20.2 Å². The van der Waals surface area contributed by atoms with E-state index in [-0.39, 0.29) is 23.5 Å². The van der Waals surface area contributed by atoms with Crippen LogP contribution in [0.15, 0.2) is 41.0 Å². The summed E-state index contributed by atoms with van der Waals surface area (Å²) in [5.41, 5.74) is 0.749. The van der Waals surface area contributed by atoms with Crippen LogP contribution >= 0.6 is 15.9 Å². The zero-order valence-corrected chi connectivity index (χ0v) is 16.1. The molecule has 1 aromatic heterocycles. The van der Waals surface area contributed by atoms with Crippen LogP contribution < -0.4 is 10.1 Å². The summed E-state index contributed by atoms with van der Waals surface area (Å²) >= 11 is 3.38. The number of carbonyl (C=O) groups is 1. The highest BCUT2D eigenvalue weighted by Gasteiger charge is 2.19. The Hall–Kier alpha value is -2.74. The Morgan fingerprint density at radius 3 is 2.74 bits per heavy atom. The van der Waals surface area contributed by atoms with E-state index in [2.05, 4.69) is 26.2 Å². The van der Waals surface area contributed by atoms with Gasteiger partial charge in [0.1, 0.15) is 22.9 Å². The van der Waals surface area contributed by atoms with Crippen LogP contribution in [-0.2, 0) is 4.74 Å². The van der Waals surface area contributed by atoms with Crippen molar-refractivity contribution in [1.82, 2.24) is 4.98 Å². The molecule has 0 aliphatic rings. The molecule has 0 radical (unpaired) electrons. The molecule has 0 aliphatic carbocycles. The molecule has 0 amide bonds. The maximum atomic E-state index is 14.1. The molecule has 5 nitrogen and oxygen atoms in total. The molecule has 0 spiro atoms. The Morgan fingerprint density at radius 1 is 1.26 bits per heavy atom. The quantitative estimate of drug-likeness (QED) is 0.556. The van der Waals surface area contributed by atoms with Gasteiger partial charge in [-0.15, -0.1) is 0 Å². The lowest BCUT2D eigenvalue weighted by atomic mass is 10.1. The number of carbonyl (C=O) groups excluding carboxylic acids is 1. The molecule has 0 aliphatic heterocycles. The van der Waals surface area contributed by atoms with Crippen LogP contribution in [0.1, 0.15) is 17.3 Å². The molecule has 0 bridgehead atoms. The Bertz CT molecular complexity index is 1030. The summed E-state index contributed by atoms with van der Waals surface area (Å²) in [5, 5.41) is 3.32. The number of hydrogen-bond acceptors (Lipinski definition) is 5. The van der Waals surface area contributed by atoms with E-state index in [0.717, 1.165) is 18.2 Å². The fourth-order valence-electron chi connectivity index (χ4n) is 2.58. The van der Waals surface area contributed by atoms with Crippen LogP contribution in [0.2, 0.25) is 0 Å². The number of nitrogens with zero attached hydrogens (tertiary/aromatic N) is 1. The minimum Gasteiger partial charge on any atom is -0.495 e. The molecule has 1 N–H and O–H groups in total. The number of anilines is 2. The van der Waals surface area contributed by atoms with E-state index in [1.807, 2.05) is 0 Å². The van der Waals surface area contributed by atoms with Gasteiger partial charge in [0, 0.05) is 23.7 Å². The van der Waals surface area contributed by atoms with Crippen LogP contribution in [-0.4, -0.2) is 24.7 Å². The number of halogens is 3. The van der Waals surface area contributed by atoms with E-state index in [4.69, 9.17) is 9.47 Å². The number of esters is 1. The number of fused-ring (bicyclic) bond motifs is 1. The van der Waals surface area contributed by atoms with E-state index in [9.17, 15) is 13.6 Å². The van der Waals surface area contributed by atoms with Crippen molar-refractivity contribution in [2.24, 2.45) is 0 Å². The van der Waals surface area contributed by atoms with Crippen molar-refractivity contribution in [3.05, 3.63) is 58.2 Å². The number of methoxy groups -OCH3 is 1. The lowest BCUT2D eigenvalue weighted by Crippen LogP contribution is -2.10. The summed E-state index contributed by atoms with van der Waals surface area (Å²) in [6, 6.07) is 6.38. The normalized spacial score (nSPS) is 10.7. The van der Waals surface area contributed by atoms with Gasteiger partial charge in [0.25, 0.3) is 0 Å². The molecule has 140 valence electrons. The molecule has 1 heterocycles. The first kappa shape index (κ1) is 19.0. The lowest BCUT2D eigenvalue weighted by Gasteiger charge is -2.16. The maximum Gasteiger partial charge on any atom is 0.341 e. The van der Waals surface area contributed by atoms with Gasteiger partial charge in [-0.1, -0.05) is 0 Å². The molecule has 0 atom stereocenters. The fraction of sp³-hybridized carbons (Fsp3) is 0.158. The van der Waals surface area contributed by atoms with Crippen molar-refractivity contribution in [1.29, 1.82) is 0 Å². The largest absolute Gasteiger partial charge is 0.495 e. The number of pyridine rings is 1. The third kappa shape index (κ3) is 3.85. The molecule has 3 rings (SSSR count). The minimum absolute atomic E-state index is 0.102. The second-order valence-corrected chi connectivity index (χ2v) is 6.37. The van der Waals surface area contributed by atoms with E-state index >= 15 is 0 Å². The van der Waals surface area contributed by atoms with Crippen LogP contribution in [0.25, 0.3) is 10.9 Å². The molecule has 27 heavy (non-hydrogen) atoms. The standard InChI is InChI=1S/C19H15BrF2N2O3/c1-3-27-19(25)12-9-23-15-8-17(26-2)13(20)7-11(15)18(12)24-16-6-10(21)4-5-14(16)22/h4-9H,3H2,1-2H3,(H,23,24). The lowest BCUT2D eigenvalue weighted by molar-refractivity contribution is 0.0527. The minimum atomic E-state index is -0.663. The summed E-state index contributed by atoms with van der Waals surface area (Å²) in [7, 11) is 1.51. The van der Waals surface area contributed by atoms with Gasteiger partial charge in [0.2, 0.25) is 0 Å². The number of ether oxygens (including phenoxy) is 2. The first-order valence-electron chi connectivity index (χ1n) is 8.00. The number of aromatic nitrogens is 1. The Kier molecular flexibility index (Phi) is 5.55. The average Bonchev–Trinajstić information content (AvgIpc) is 2.64. The molecule has 0 fully saturated rings. The predicted molar refractivity (Wildman–Crippen MR) is 102 cm³/mol. The Balaban J connectivity index is 2.24. The number of benzene rings is 2. The second-order valence-electron chi connectivity index (χ2n) is 5.52. The van der Waals surface area contributed by atoms with Gasteiger partial charge >= 0.3 is 5.97 Å². The molecule has 0 saturated heterocycles. The van der Waals surface area contributed by atoms with Crippen LogP contribution in [0.3, 0.4) is 0 Å². The number of hydrogen-bond donors (Lipinski definition) is 1. The van der Waals surface area contributed by atoms with Crippen molar-refractivity contribution < 1.29 is 23.0 Å². The monoisotopic (exact) mass is 436 g/mol. The van der Waals surface area contributed by atoms with Crippen molar-refractivity contribution >= 4 is 44.2 Å². The third-order valence-corrected chi connectivity index (χ3v) is 4.44.